The number of carbonyl (C=O) groups excluding carboxylic acids is 1. The number of carboxylic acids is 1. The summed E-state index contributed by atoms with van der Waals surface area (Å²) >= 11 is 0. The first kappa shape index (κ1) is 16.2. The molecule has 102 valence electrons. The smallest absolute Gasteiger partial charge is 0.408 e. The number of aliphatic carboxylic acids is 1. The highest BCUT2D eigenvalue weighted by molar-refractivity contribution is 5.84. The minimum absolute atomic E-state index is 0.0450. The summed E-state index contributed by atoms with van der Waals surface area (Å²) in [6.07, 6.45) is 4.19. The van der Waals surface area contributed by atoms with Crippen LogP contribution in [0.2, 0.25) is 0 Å². The summed E-state index contributed by atoms with van der Waals surface area (Å²) in [5.74, 6) is -1.08. The summed E-state index contributed by atoms with van der Waals surface area (Å²) in [5.41, 5.74) is -1.34. The molecule has 0 aliphatic heterocycles. The van der Waals surface area contributed by atoms with Crippen LogP contribution in [0.15, 0.2) is 25.3 Å². The highest BCUT2D eigenvalue weighted by Gasteiger charge is 2.38. The predicted molar refractivity (Wildman–Crippen MR) is 69.4 cm³/mol. The van der Waals surface area contributed by atoms with E-state index in [4.69, 9.17) is 4.74 Å². The number of ether oxygens (including phenoxy) is 1. The first-order valence-electron chi connectivity index (χ1n) is 5.92. The van der Waals surface area contributed by atoms with Gasteiger partial charge in [-0.15, -0.1) is 6.58 Å². The number of carboxylic acid groups (broad SMARTS) is 1. The Hall–Kier alpha value is -1.78. The highest BCUT2D eigenvalue weighted by atomic mass is 16.5. The van der Waals surface area contributed by atoms with Crippen molar-refractivity contribution in [2.24, 2.45) is 0 Å². The van der Waals surface area contributed by atoms with E-state index in [1.807, 2.05) is 6.92 Å². The molecule has 1 atom stereocenters. The van der Waals surface area contributed by atoms with Crippen LogP contribution >= 0.6 is 0 Å². The fourth-order valence-corrected chi connectivity index (χ4v) is 1.55. The van der Waals surface area contributed by atoms with Crippen LogP contribution in [-0.2, 0) is 9.53 Å². The third-order valence-electron chi connectivity index (χ3n) is 2.53. The summed E-state index contributed by atoms with van der Waals surface area (Å²) in [6.45, 7) is 8.95. The summed E-state index contributed by atoms with van der Waals surface area (Å²) in [7, 11) is 0. The molecule has 0 rings (SSSR count). The Morgan fingerprint density at radius 3 is 2.50 bits per heavy atom. The van der Waals surface area contributed by atoms with Gasteiger partial charge in [0, 0.05) is 0 Å². The van der Waals surface area contributed by atoms with Crippen LogP contribution in [0.4, 0.5) is 4.79 Å². The molecule has 0 saturated heterocycles. The molecular formula is C13H21NO4. The van der Waals surface area contributed by atoms with E-state index >= 15 is 0 Å². The lowest BCUT2D eigenvalue weighted by Crippen LogP contribution is -2.54. The van der Waals surface area contributed by atoms with Gasteiger partial charge in [-0.05, 0) is 12.8 Å². The summed E-state index contributed by atoms with van der Waals surface area (Å²) < 4.78 is 4.76. The number of amides is 1. The molecule has 0 aromatic heterocycles. The van der Waals surface area contributed by atoms with Crippen LogP contribution in [0.1, 0.15) is 32.6 Å². The van der Waals surface area contributed by atoms with Gasteiger partial charge in [0.15, 0.2) is 0 Å². The van der Waals surface area contributed by atoms with Crippen LogP contribution in [0.25, 0.3) is 0 Å². The predicted octanol–water partition coefficient (Wildman–Crippen LogP) is 2.49. The first-order valence-corrected chi connectivity index (χ1v) is 5.92. The van der Waals surface area contributed by atoms with Crippen LogP contribution in [-0.4, -0.2) is 29.3 Å². The van der Waals surface area contributed by atoms with E-state index in [1.54, 1.807) is 0 Å². The van der Waals surface area contributed by atoms with Crippen molar-refractivity contribution in [3.05, 3.63) is 25.3 Å². The zero-order valence-corrected chi connectivity index (χ0v) is 10.8. The zero-order valence-electron chi connectivity index (χ0n) is 10.8. The molecule has 0 aliphatic rings. The van der Waals surface area contributed by atoms with E-state index in [-0.39, 0.29) is 13.0 Å². The Balaban J connectivity index is 4.80. The van der Waals surface area contributed by atoms with Gasteiger partial charge in [-0.3, -0.25) is 0 Å². The van der Waals surface area contributed by atoms with Crippen molar-refractivity contribution in [1.82, 2.24) is 5.32 Å². The lowest BCUT2D eigenvalue weighted by Gasteiger charge is -2.29. The standard InChI is InChI=1S/C13H21NO4/c1-4-7-9-13(8-5-2,11(15)16)14-12(17)18-10-6-3/h5-6H,2-4,7-10H2,1H3,(H,14,17)(H,15,16)/t13-/m0/s1. The Labute approximate surface area is 108 Å². The number of unbranched alkanes of at least 4 members (excludes halogenated alkanes) is 1. The van der Waals surface area contributed by atoms with E-state index < -0.39 is 17.6 Å². The summed E-state index contributed by atoms with van der Waals surface area (Å²) in [4.78, 5) is 22.9. The average Bonchev–Trinajstić information content (AvgIpc) is 2.33. The van der Waals surface area contributed by atoms with Gasteiger partial charge in [0.05, 0.1) is 0 Å². The van der Waals surface area contributed by atoms with Crippen molar-refractivity contribution in [1.29, 1.82) is 0 Å². The van der Waals surface area contributed by atoms with Crippen LogP contribution in [0.5, 0.6) is 0 Å². The molecule has 2 N–H and O–H groups in total. The highest BCUT2D eigenvalue weighted by Crippen LogP contribution is 2.20. The number of nitrogens with one attached hydrogen (secondary N) is 1. The van der Waals surface area contributed by atoms with Gasteiger partial charge in [0.25, 0.3) is 0 Å². The van der Waals surface area contributed by atoms with E-state index in [1.165, 1.54) is 12.2 Å². The van der Waals surface area contributed by atoms with Crippen molar-refractivity contribution in [3.8, 4) is 0 Å². The maximum atomic E-state index is 11.5. The van der Waals surface area contributed by atoms with Gasteiger partial charge in [-0.1, -0.05) is 38.5 Å². The number of hydrogen-bond donors (Lipinski definition) is 2. The Kier molecular flexibility index (Phi) is 7.51. The topological polar surface area (TPSA) is 75.6 Å². The van der Waals surface area contributed by atoms with Crippen LogP contribution in [0, 0.1) is 0 Å². The van der Waals surface area contributed by atoms with Crippen LogP contribution in [0.3, 0.4) is 0 Å². The van der Waals surface area contributed by atoms with E-state index in [0.29, 0.717) is 12.8 Å². The second-order valence-corrected chi connectivity index (χ2v) is 4.00. The van der Waals surface area contributed by atoms with Gasteiger partial charge in [-0.25, -0.2) is 9.59 Å². The SMILES string of the molecule is C=CCOC(=O)N[C@@](CC=C)(CCCC)C(=O)O. The second-order valence-electron chi connectivity index (χ2n) is 4.00. The summed E-state index contributed by atoms with van der Waals surface area (Å²) in [5, 5.41) is 11.7. The van der Waals surface area contributed by atoms with Gasteiger partial charge in [0.2, 0.25) is 0 Å². The van der Waals surface area contributed by atoms with Crippen molar-refractivity contribution >= 4 is 12.1 Å². The fourth-order valence-electron chi connectivity index (χ4n) is 1.55. The molecule has 0 bridgehead atoms. The van der Waals surface area contributed by atoms with Crippen molar-refractivity contribution < 1.29 is 19.4 Å². The number of carbonyl (C=O) groups is 2. The first-order chi connectivity index (χ1) is 8.52. The lowest BCUT2D eigenvalue weighted by atomic mass is 9.89. The molecule has 18 heavy (non-hydrogen) atoms. The van der Waals surface area contributed by atoms with E-state index in [0.717, 1.165) is 6.42 Å². The molecule has 0 heterocycles. The van der Waals surface area contributed by atoms with Gasteiger partial charge in [-0.2, -0.15) is 0 Å². The molecular weight excluding hydrogens is 234 g/mol. The summed E-state index contributed by atoms with van der Waals surface area (Å²) in [6, 6.07) is 0. The molecule has 1 amide bonds. The Morgan fingerprint density at radius 2 is 2.06 bits per heavy atom. The number of alkyl carbamates (subject to hydrolysis) is 1. The lowest BCUT2D eigenvalue weighted by molar-refractivity contribution is -0.145. The molecule has 0 radical (unpaired) electrons. The zero-order chi connectivity index (χ0) is 14.0. The molecule has 0 spiro atoms. The van der Waals surface area contributed by atoms with Crippen molar-refractivity contribution in [2.75, 3.05) is 6.61 Å². The number of rotatable bonds is 9. The Morgan fingerprint density at radius 1 is 1.39 bits per heavy atom. The third kappa shape index (κ3) is 5.03. The molecule has 5 nitrogen and oxygen atoms in total. The minimum atomic E-state index is -1.34. The molecule has 0 fully saturated rings. The minimum Gasteiger partial charge on any atom is -0.479 e. The van der Waals surface area contributed by atoms with Gasteiger partial charge in [0.1, 0.15) is 12.1 Å². The van der Waals surface area contributed by atoms with Gasteiger partial charge >= 0.3 is 12.1 Å². The number of hydrogen-bond acceptors (Lipinski definition) is 3. The normalized spacial score (nSPS) is 13.2. The maximum absolute atomic E-state index is 11.5. The molecule has 0 aliphatic carbocycles. The van der Waals surface area contributed by atoms with Crippen molar-refractivity contribution in [2.45, 2.75) is 38.1 Å². The largest absolute Gasteiger partial charge is 0.479 e. The fraction of sp³-hybridized carbons (Fsp3) is 0.538. The second kappa shape index (κ2) is 8.33. The maximum Gasteiger partial charge on any atom is 0.408 e. The van der Waals surface area contributed by atoms with Crippen molar-refractivity contribution in [3.63, 3.8) is 0 Å². The molecule has 0 aromatic carbocycles. The molecule has 0 aromatic rings. The quantitative estimate of drug-likeness (QED) is 0.621. The monoisotopic (exact) mass is 255 g/mol. The molecule has 0 unspecified atom stereocenters. The van der Waals surface area contributed by atoms with Gasteiger partial charge < -0.3 is 15.2 Å². The van der Waals surface area contributed by atoms with E-state index in [2.05, 4.69) is 18.5 Å². The van der Waals surface area contributed by atoms with Crippen LogP contribution < -0.4 is 5.32 Å². The Bertz CT molecular complexity index is 314. The third-order valence-corrected chi connectivity index (χ3v) is 2.53. The average molecular weight is 255 g/mol. The molecule has 5 heteroatoms. The van der Waals surface area contributed by atoms with E-state index in [9.17, 15) is 14.7 Å². The molecule has 0 saturated carbocycles.